The maximum Gasteiger partial charge on any atom is 0.0449 e. The highest BCUT2D eigenvalue weighted by molar-refractivity contribution is 5.74. The predicted molar refractivity (Wildman–Crippen MR) is 89.7 cm³/mol. The molecule has 0 N–H and O–H groups in total. The molecule has 2 unspecified atom stereocenters. The van der Waals surface area contributed by atoms with Gasteiger partial charge in [0, 0.05) is 43.1 Å². The Labute approximate surface area is 127 Å². The van der Waals surface area contributed by atoms with Crippen molar-refractivity contribution in [1.29, 1.82) is 0 Å². The van der Waals surface area contributed by atoms with Crippen LogP contribution in [0, 0.1) is 0 Å². The molecule has 2 aromatic rings. The summed E-state index contributed by atoms with van der Waals surface area (Å²) in [5.41, 5.74) is 5.57. The van der Waals surface area contributed by atoms with Crippen molar-refractivity contribution in [2.45, 2.75) is 31.2 Å². The van der Waals surface area contributed by atoms with Crippen LogP contribution in [0.5, 0.6) is 0 Å². The lowest BCUT2D eigenvalue weighted by Gasteiger charge is -2.27. The third-order valence-corrected chi connectivity index (χ3v) is 5.05. The summed E-state index contributed by atoms with van der Waals surface area (Å²) in [6.07, 6.45) is 4.01. The SMILES string of the molecule is CN(C)c1ccc(N2c3ccccc3C3CCCC32)cc1. The summed E-state index contributed by atoms with van der Waals surface area (Å²) in [5, 5.41) is 0. The van der Waals surface area contributed by atoms with Crippen LogP contribution in [-0.2, 0) is 0 Å². The Kier molecular flexibility index (Phi) is 2.91. The minimum Gasteiger partial charge on any atom is -0.378 e. The van der Waals surface area contributed by atoms with Crippen LogP contribution in [0.3, 0.4) is 0 Å². The van der Waals surface area contributed by atoms with Crippen LogP contribution in [0.2, 0.25) is 0 Å². The smallest absolute Gasteiger partial charge is 0.0449 e. The Morgan fingerprint density at radius 1 is 0.952 bits per heavy atom. The quantitative estimate of drug-likeness (QED) is 0.795. The van der Waals surface area contributed by atoms with Crippen LogP contribution in [-0.4, -0.2) is 20.1 Å². The monoisotopic (exact) mass is 278 g/mol. The average molecular weight is 278 g/mol. The van der Waals surface area contributed by atoms with Gasteiger partial charge in [-0.25, -0.2) is 0 Å². The number of benzene rings is 2. The molecule has 2 aromatic carbocycles. The highest BCUT2D eigenvalue weighted by atomic mass is 15.2. The second-order valence-electron chi connectivity index (χ2n) is 6.44. The van der Waals surface area contributed by atoms with Gasteiger partial charge in [0.25, 0.3) is 0 Å². The molecule has 2 atom stereocenters. The maximum atomic E-state index is 2.58. The summed E-state index contributed by atoms with van der Waals surface area (Å²) in [7, 11) is 4.18. The van der Waals surface area contributed by atoms with Crippen LogP contribution >= 0.6 is 0 Å². The van der Waals surface area contributed by atoms with Crippen molar-refractivity contribution in [1.82, 2.24) is 0 Å². The summed E-state index contributed by atoms with van der Waals surface area (Å²) in [6.45, 7) is 0. The molecule has 2 heteroatoms. The molecule has 0 spiro atoms. The lowest BCUT2D eigenvalue weighted by atomic mass is 9.98. The fourth-order valence-electron chi connectivity index (χ4n) is 4.05. The fourth-order valence-corrected chi connectivity index (χ4v) is 4.05. The second kappa shape index (κ2) is 4.80. The molecular weight excluding hydrogens is 256 g/mol. The van der Waals surface area contributed by atoms with E-state index in [0.717, 1.165) is 5.92 Å². The third kappa shape index (κ3) is 1.93. The van der Waals surface area contributed by atoms with E-state index < -0.39 is 0 Å². The van der Waals surface area contributed by atoms with Crippen LogP contribution in [0.4, 0.5) is 17.1 Å². The van der Waals surface area contributed by atoms with Gasteiger partial charge in [0.1, 0.15) is 0 Å². The molecule has 1 heterocycles. The van der Waals surface area contributed by atoms with Gasteiger partial charge in [-0.05, 0) is 48.7 Å². The summed E-state index contributed by atoms with van der Waals surface area (Å²) < 4.78 is 0. The van der Waals surface area contributed by atoms with Crippen molar-refractivity contribution in [3.8, 4) is 0 Å². The first kappa shape index (κ1) is 12.8. The molecule has 0 radical (unpaired) electrons. The van der Waals surface area contributed by atoms with Crippen molar-refractivity contribution in [3.63, 3.8) is 0 Å². The highest BCUT2D eigenvalue weighted by Gasteiger charge is 2.41. The van der Waals surface area contributed by atoms with Crippen molar-refractivity contribution in [2.75, 3.05) is 23.9 Å². The number of fused-ring (bicyclic) bond motifs is 3. The van der Waals surface area contributed by atoms with Gasteiger partial charge in [-0.15, -0.1) is 0 Å². The van der Waals surface area contributed by atoms with Crippen LogP contribution < -0.4 is 9.80 Å². The standard InChI is InChI=1S/C19H22N2/c1-20(2)14-10-12-15(13-11-14)21-18-8-4-3-6-16(18)17-7-5-9-19(17)21/h3-4,6,8,10-13,17,19H,5,7,9H2,1-2H3. The second-order valence-corrected chi connectivity index (χ2v) is 6.44. The Morgan fingerprint density at radius 2 is 1.71 bits per heavy atom. The van der Waals surface area contributed by atoms with E-state index in [2.05, 4.69) is 72.4 Å². The molecule has 4 rings (SSSR count). The van der Waals surface area contributed by atoms with E-state index in [9.17, 15) is 0 Å². The molecule has 0 aromatic heterocycles. The van der Waals surface area contributed by atoms with Crippen molar-refractivity contribution >= 4 is 17.1 Å². The lowest BCUT2D eigenvalue weighted by Crippen LogP contribution is -2.26. The predicted octanol–water partition coefficient (Wildman–Crippen LogP) is 4.54. The van der Waals surface area contributed by atoms with Crippen molar-refractivity contribution in [2.24, 2.45) is 0 Å². The molecule has 0 bridgehead atoms. The number of hydrogen-bond donors (Lipinski definition) is 0. The molecule has 0 amide bonds. The number of nitrogens with zero attached hydrogens (tertiary/aromatic N) is 2. The molecule has 2 nitrogen and oxygen atoms in total. The molecule has 1 fully saturated rings. The first-order valence-electron chi connectivity index (χ1n) is 7.91. The molecule has 108 valence electrons. The Bertz CT molecular complexity index is 645. The molecular formula is C19H22N2. The van der Waals surface area contributed by atoms with E-state index in [-0.39, 0.29) is 0 Å². The molecule has 2 aliphatic rings. The van der Waals surface area contributed by atoms with E-state index in [4.69, 9.17) is 0 Å². The average Bonchev–Trinajstić information content (AvgIpc) is 3.07. The molecule has 1 aliphatic heterocycles. The van der Waals surface area contributed by atoms with Crippen LogP contribution in [0.1, 0.15) is 30.7 Å². The normalized spacial score (nSPS) is 23.0. The minimum atomic E-state index is 0.660. The van der Waals surface area contributed by atoms with Gasteiger partial charge in [0.15, 0.2) is 0 Å². The number of hydrogen-bond acceptors (Lipinski definition) is 2. The van der Waals surface area contributed by atoms with Crippen molar-refractivity contribution < 1.29 is 0 Å². The van der Waals surface area contributed by atoms with Gasteiger partial charge in [0.2, 0.25) is 0 Å². The fraction of sp³-hybridized carbons (Fsp3) is 0.368. The summed E-state index contributed by atoms with van der Waals surface area (Å²) >= 11 is 0. The van der Waals surface area contributed by atoms with E-state index in [1.807, 2.05) is 0 Å². The van der Waals surface area contributed by atoms with E-state index in [1.165, 1.54) is 36.3 Å². The topological polar surface area (TPSA) is 6.48 Å². The summed E-state index contributed by atoms with van der Waals surface area (Å²) in [5.74, 6) is 0.731. The minimum absolute atomic E-state index is 0.660. The maximum absolute atomic E-state index is 2.58. The highest BCUT2D eigenvalue weighted by Crippen LogP contribution is 2.52. The first-order valence-corrected chi connectivity index (χ1v) is 7.91. The molecule has 1 aliphatic carbocycles. The molecule has 1 saturated carbocycles. The van der Waals surface area contributed by atoms with Gasteiger partial charge in [-0.1, -0.05) is 24.6 Å². The molecule has 21 heavy (non-hydrogen) atoms. The van der Waals surface area contributed by atoms with E-state index in [1.54, 1.807) is 5.56 Å². The largest absolute Gasteiger partial charge is 0.378 e. The van der Waals surface area contributed by atoms with Gasteiger partial charge >= 0.3 is 0 Å². The van der Waals surface area contributed by atoms with Crippen LogP contribution in [0.15, 0.2) is 48.5 Å². The summed E-state index contributed by atoms with van der Waals surface area (Å²) in [4.78, 5) is 4.73. The lowest BCUT2D eigenvalue weighted by molar-refractivity contribution is 0.642. The zero-order valence-corrected chi connectivity index (χ0v) is 12.8. The third-order valence-electron chi connectivity index (χ3n) is 5.05. The Balaban J connectivity index is 1.77. The first-order chi connectivity index (χ1) is 10.3. The van der Waals surface area contributed by atoms with Crippen LogP contribution in [0.25, 0.3) is 0 Å². The molecule has 0 saturated heterocycles. The Hall–Kier alpha value is -1.96. The van der Waals surface area contributed by atoms with Gasteiger partial charge in [-0.3, -0.25) is 0 Å². The van der Waals surface area contributed by atoms with E-state index in [0.29, 0.717) is 6.04 Å². The Morgan fingerprint density at radius 3 is 2.48 bits per heavy atom. The number of para-hydroxylation sites is 1. The number of anilines is 3. The van der Waals surface area contributed by atoms with Gasteiger partial charge in [0.05, 0.1) is 0 Å². The zero-order chi connectivity index (χ0) is 14.4. The van der Waals surface area contributed by atoms with E-state index >= 15 is 0 Å². The van der Waals surface area contributed by atoms with Crippen molar-refractivity contribution in [3.05, 3.63) is 54.1 Å². The number of rotatable bonds is 2. The summed E-state index contributed by atoms with van der Waals surface area (Å²) in [6, 6.07) is 18.6. The van der Waals surface area contributed by atoms with Gasteiger partial charge in [-0.2, -0.15) is 0 Å². The zero-order valence-electron chi connectivity index (χ0n) is 12.8. The van der Waals surface area contributed by atoms with Gasteiger partial charge < -0.3 is 9.80 Å².